The molecule has 2 rings (SSSR count). The Kier molecular flexibility index (Phi) is 14.1. The summed E-state index contributed by atoms with van der Waals surface area (Å²) in [6, 6.07) is 3.70. The third kappa shape index (κ3) is 10.4. The van der Waals surface area contributed by atoms with Crippen LogP contribution >= 0.6 is 0 Å². The van der Waals surface area contributed by atoms with Crippen molar-refractivity contribution in [1.82, 2.24) is 20.5 Å². The average molecular weight is 581 g/mol. The van der Waals surface area contributed by atoms with Crippen LogP contribution in [0.25, 0.3) is 0 Å². The maximum Gasteiger partial charge on any atom is 0.293 e. The van der Waals surface area contributed by atoms with E-state index in [0.717, 1.165) is 4.57 Å². The van der Waals surface area contributed by atoms with E-state index in [0.29, 0.717) is 19.8 Å². The van der Waals surface area contributed by atoms with Gasteiger partial charge in [0.15, 0.2) is 17.2 Å². The fourth-order valence-corrected chi connectivity index (χ4v) is 3.37. The molecule has 15 nitrogen and oxygen atoms in total. The number of phenolic OH excluding ortho intramolecular Hbond substituents is 2. The Bertz CT molecular complexity index is 1230. The summed E-state index contributed by atoms with van der Waals surface area (Å²) in [5.74, 6) is -4.23. The minimum atomic E-state index is -0.763. The number of aliphatic hydroxyl groups is 1. The number of ether oxygens (including phenoxy) is 3. The Morgan fingerprint density at radius 2 is 1.12 bits per heavy atom. The maximum atomic E-state index is 12.4. The zero-order valence-electron chi connectivity index (χ0n) is 22.7. The molecule has 0 saturated heterocycles. The molecule has 1 aromatic carbocycles. The molecule has 1 heterocycles. The summed E-state index contributed by atoms with van der Waals surface area (Å²) in [6.45, 7) is 2.03. The van der Waals surface area contributed by atoms with Crippen molar-refractivity contribution in [2.24, 2.45) is 7.05 Å². The van der Waals surface area contributed by atoms with Crippen LogP contribution in [-0.4, -0.2) is 109 Å². The Morgan fingerprint density at radius 3 is 1.63 bits per heavy atom. The number of amides is 3. The fourth-order valence-electron chi connectivity index (χ4n) is 3.37. The molecule has 41 heavy (non-hydrogen) atoms. The lowest BCUT2D eigenvalue weighted by Crippen LogP contribution is -2.31. The predicted octanol–water partition coefficient (Wildman–Crippen LogP) is -1.18. The monoisotopic (exact) mass is 580 g/mol. The highest BCUT2D eigenvalue weighted by atomic mass is 16.5. The number of nitrogens with zero attached hydrogens (tertiary/aromatic N) is 1. The van der Waals surface area contributed by atoms with E-state index >= 15 is 0 Å². The van der Waals surface area contributed by atoms with E-state index in [1.807, 2.05) is 0 Å². The number of hydrogen-bond acceptors (Lipinski definition) is 11. The van der Waals surface area contributed by atoms with Gasteiger partial charge in [0.25, 0.3) is 23.3 Å². The van der Waals surface area contributed by atoms with Crippen molar-refractivity contribution < 1.29 is 49.0 Å². The summed E-state index contributed by atoms with van der Waals surface area (Å²) in [7, 11) is 1.44. The molecule has 0 unspecified atom stereocenters. The highest BCUT2D eigenvalue weighted by molar-refractivity contribution is 6.02. The lowest BCUT2D eigenvalue weighted by molar-refractivity contribution is 0.00824. The summed E-state index contributed by atoms with van der Waals surface area (Å²) < 4.78 is 16.8. The Morgan fingerprint density at radius 1 is 0.683 bits per heavy atom. The van der Waals surface area contributed by atoms with E-state index in [4.69, 9.17) is 19.3 Å². The lowest BCUT2D eigenvalue weighted by atomic mass is 10.1. The normalized spacial score (nSPS) is 10.8. The molecule has 0 radical (unpaired) electrons. The minimum Gasteiger partial charge on any atom is -0.504 e. The first kappa shape index (κ1) is 33.0. The van der Waals surface area contributed by atoms with Gasteiger partial charge in [-0.15, -0.1) is 0 Å². The summed E-state index contributed by atoms with van der Waals surface area (Å²) >= 11 is 0. The van der Waals surface area contributed by atoms with Gasteiger partial charge in [-0.05, 0) is 24.6 Å². The zero-order valence-corrected chi connectivity index (χ0v) is 22.7. The van der Waals surface area contributed by atoms with E-state index in [9.17, 15) is 34.5 Å². The standard InChI is InChI=1S/C26H36N4O11/c1-30-9-5-19(22(34)26(30)38)25(37)28-7-2-6-27-23(35)17-3-4-18(21(33)20(17)32)24(36)29-8-11-39-13-15-41-16-14-40-12-10-31/h3-5,9,31-34H,2,6-8,10-16H2,1H3,(H,27,35)(H,28,37)(H,29,36). The molecule has 2 aromatic rings. The van der Waals surface area contributed by atoms with Gasteiger partial charge in [0.2, 0.25) is 0 Å². The molecule has 3 amide bonds. The van der Waals surface area contributed by atoms with E-state index in [1.165, 1.54) is 31.4 Å². The molecule has 1 aromatic heterocycles. The molecule has 0 spiro atoms. The van der Waals surface area contributed by atoms with E-state index in [-0.39, 0.29) is 69.2 Å². The van der Waals surface area contributed by atoms with Crippen LogP contribution in [0.1, 0.15) is 37.5 Å². The second-order valence-electron chi connectivity index (χ2n) is 8.53. The van der Waals surface area contributed by atoms with Gasteiger partial charge >= 0.3 is 0 Å². The second-order valence-corrected chi connectivity index (χ2v) is 8.53. The number of rotatable bonds is 18. The van der Waals surface area contributed by atoms with E-state index in [1.54, 1.807) is 0 Å². The molecule has 15 heteroatoms. The quantitative estimate of drug-likeness (QED) is 0.0822. The first-order valence-electron chi connectivity index (χ1n) is 12.8. The maximum absolute atomic E-state index is 12.4. The molecule has 0 fully saturated rings. The van der Waals surface area contributed by atoms with Crippen LogP contribution in [-0.2, 0) is 21.3 Å². The average Bonchev–Trinajstić information content (AvgIpc) is 2.95. The van der Waals surface area contributed by atoms with E-state index < -0.39 is 40.5 Å². The number of aryl methyl sites for hydroxylation is 1. The number of pyridine rings is 1. The van der Waals surface area contributed by atoms with Gasteiger partial charge in [0, 0.05) is 32.9 Å². The highest BCUT2D eigenvalue weighted by Crippen LogP contribution is 2.32. The van der Waals surface area contributed by atoms with Gasteiger partial charge in [0.1, 0.15) is 0 Å². The van der Waals surface area contributed by atoms with Crippen molar-refractivity contribution in [1.29, 1.82) is 0 Å². The summed E-state index contributed by atoms with van der Waals surface area (Å²) in [6.07, 6.45) is 1.63. The molecule has 0 aliphatic rings. The largest absolute Gasteiger partial charge is 0.504 e. The van der Waals surface area contributed by atoms with Crippen LogP contribution < -0.4 is 21.5 Å². The number of carbonyl (C=O) groups is 3. The number of aromatic hydroxyl groups is 3. The van der Waals surface area contributed by atoms with Gasteiger partial charge in [0.05, 0.1) is 62.9 Å². The fraction of sp³-hybridized carbons (Fsp3) is 0.462. The third-order valence-electron chi connectivity index (χ3n) is 5.56. The van der Waals surface area contributed by atoms with Crippen LogP contribution in [0.2, 0.25) is 0 Å². The minimum absolute atomic E-state index is 0.0497. The number of hydrogen-bond donors (Lipinski definition) is 7. The molecule has 0 aliphatic carbocycles. The summed E-state index contributed by atoms with van der Waals surface area (Å²) in [5.41, 5.74) is -1.36. The lowest BCUT2D eigenvalue weighted by Gasteiger charge is -2.12. The van der Waals surface area contributed by atoms with Gasteiger partial charge in [-0.2, -0.15) is 0 Å². The van der Waals surface area contributed by atoms with Crippen LogP contribution in [0.4, 0.5) is 0 Å². The molecule has 0 saturated carbocycles. The Balaban J connectivity index is 1.70. The highest BCUT2D eigenvalue weighted by Gasteiger charge is 2.21. The number of carbonyl (C=O) groups excluding carboxylic acids is 3. The molecule has 0 bridgehead atoms. The second kappa shape index (κ2) is 17.5. The third-order valence-corrected chi connectivity index (χ3v) is 5.56. The van der Waals surface area contributed by atoms with Crippen LogP contribution in [0, 0.1) is 0 Å². The number of phenols is 2. The zero-order chi connectivity index (χ0) is 30.2. The van der Waals surface area contributed by atoms with Gasteiger partial charge in [-0.3, -0.25) is 19.2 Å². The van der Waals surface area contributed by atoms with Crippen molar-refractivity contribution in [3.05, 3.63) is 51.4 Å². The number of benzene rings is 1. The number of aromatic nitrogens is 1. The molecule has 0 aliphatic heterocycles. The smallest absolute Gasteiger partial charge is 0.293 e. The molecule has 0 atom stereocenters. The van der Waals surface area contributed by atoms with Crippen molar-refractivity contribution in [3.63, 3.8) is 0 Å². The van der Waals surface area contributed by atoms with Crippen molar-refractivity contribution >= 4 is 17.7 Å². The van der Waals surface area contributed by atoms with Crippen LogP contribution in [0.3, 0.4) is 0 Å². The first-order chi connectivity index (χ1) is 19.7. The van der Waals surface area contributed by atoms with Crippen molar-refractivity contribution in [3.8, 4) is 17.2 Å². The molecular formula is C26H36N4O11. The SMILES string of the molecule is Cn1ccc(C(=O)NCCCNC(=O)c2ccc(C(=O)NCCOCCOCCOCCO)c(O)c2O)c(O)c1=O. The van der Waals surface area contributed by atoms with Crippen LogP contribution in [0.15, 0.2) is 29.2 Å². The van der Waals surface area contributed by atoms with Gasteiger partial charge in [-0.1, -0.05) is 0 Å². The summed E-state index contributed by atoms with van der Waals surface area (Å²) in [5, 5.41) is 46.5. The summed E-state index contributed by atoms with van der Waals surface area (Å²) in [4.78, 5) is 48.7. The Hall–Kier alpha value is -4.18. The number of aliphatic hydroxyl groups excluding tert-OH is 1. The van der Waals surface area contributed by atoms with Gasteiger partial charge < -0.3 is 55.2 Å². The first-order valence-corrected chi connectivity index (χ1v) is 12.8. The number of nitrogens with one attached hydrogen (secondary N) is 3. The Labute approximate surface area is 235 Å². The van der Waals surface area contributed by atoms with Gasteiger partial charge in [-0.25, -0.2) is 0 Å². The molecule has 7 N–H and O–H groups in total. The molecular weight excluding hydrogens is 544 g/mol. The van der Waals surface area contributed by atoms with Crippen molar-refractivity contribution in [2.75, 3.05) is 65.9 Å². The van der Waals surface area contributed by atoms with Crippen LogP contribution in [0.5, 0.6) is 17.2 Å². The van der Waals surface area contributed by atoms with Crippen molar-refractivity contribution in [2.45, 2.75) is 6.42 Å². The molecule has 226 valence electrons. The predicted molar refractivity (Wildman–Crippen MR) is 144 cm³/mol. The topological polar surface area (TPSA) is 218 Å². The van der Waals surface area contributed by atoms with E-state index in [2.05, 4.69) is 16.0 Å².